The average Bonchev–Trinajstić information content (AvgIpc) is 2.70. The van der Waals surface area contributed by atoms with E-state index in [0.29, 0.717) is 11.1 Å². The number of nitrogens with zero attached hydrogens (tertiary/aromatic N) is 1. The number of morpholine rings is 1. The van der Waals surface area contributed by atoms with Gasteiger partial charge in [0.1, 0.15) is 5.83 Å². The van der Waals surface area contributed by atoms with Crippen molar-refractivity contribution in [1.82, 2.24) is 4.90 Å². The van der Waals surface area contributed by atoms with E-state index in [1.54, 1.807) is 24.3 Å². The van der Waals surface area contributed by atoms with Gasteiger partial charge in [0, 0.05) is 25.2 Å². The molecule has 0 amide bonds. The van der Waals surface area contributed by atoms with E-state index >= 15 is 0 Å². The van der Waals surface area contributed by atoms with Crippen molar-refractivity contribution in [2.24, 2.45) is 0 Å². The number of carbonyl (C=O) groups excluding carboxylic acids is 1. The summed E-state index contributed by atoms with van der Waals surface area (Å²) in [5.41, 5.74) is 2.82. The van der Waals surface area contributed by atoms with E-state index in [1.807, 2.05) is 24.3 Å². The molecular formula is C21H22FNO3. The molecule has 4 nitrogen and oxygen atoms in total. The summed E-state index contributed by atoms with van der Waals surface area (Å²) in [5.74, 6) is -0.779. The van der Waals surface area contributed by atoms with Crippen molar-refractivity contribution in [3.63, 3.8) is 0 Å². The van der Waals surface area contributed by atoms with Gasteiger partial charge in [-0.3, -0.25) is 4.90 Å². The summed E-state index contributed by atoms with van der Waals surface area (Å²) >= 11 is 0. The van der Waals surface area contributed by atoms with Crippen LogP contribution in [0, 0.1) is 0 Å². The number of halogens is 1. The Bertz CT molecular complexity index is 763. The highest BCUT2D eigenvalue weighted by molar-refractivity contribution is 5.90. The van der Waals surface area contributed by atoms with Crippen LogP contribution in [0.25, 0.3) is 11.9 Å². The van der Waals surface area contributed by atoms with Crippen molar-refractivity contribution >= 4 is 17.9 Å². The summed E-state index contributed by atoms with van der Waals surface area (Å²) in [5, 5.41) is 0. The van der Waals surface area contributed by atoms with Crippen molar-refractivity contribution in [3.8, 4) is 0 Å². The third-order valence-electron chi connectivity index (χ3n) is 4.36. The van der Waals surface area contributed by atoms with Crippen LogP contribution in [0.3, 0.4) is 0 Å². The first-order valence-corrected chi connectivity index (χ1v) is 8.61. The molecule has 2 aromatic rings. The van der Waals surface area contributed by atoms with Gasteiger partial charge >= 0.3 is 5.97 Å². The van der Waals surface area contributed by atoms with Crippen LogP contribution in [0.5, 0.6) is 0 Å². The van der Waals surface area contributed by atoms with Gasteiger partial charge in [0.15, 0.2) is 0 Å². The highest BCUT2D eigenvalue weighted by Crippen LogP contribution is 2.21. The Balaban J connectivity index is 1.65. The molecule has 1 aliphatic heterocycles. The van der Waals surface area contributed by atoms with Gasteiger partial charge in [-0.2, -0.15) is 0 Å². The molecule has 0 saturated carbocycles. The normalized spacial score (nSPS) is 15.7. The highest BCUT2D eigenvalue weighted by atomic mass is 19.1. The molecular weight excluding hydrogens is 333 g/mol. The second-order valence-corrected chi connectivity index (χ2v) is 6.19. The van der Waals surface area contributed by atoms with E-state index in [9.17, 15) is 9.18 Å². The first kappa shape index (κ1) is 18.3. The molecule has 5 heteroatoms. The molecule has 0 unspecified atom stereocenters. The molecule has 1 saturated heterocycles. The van der Waals surface area contributed by atoms with Crippen LogP contribution in [0.1, 0.15) is 27.0 Å². The second-order valence-electron chi connectivity index (χ2n) is 6.19. The standard InChI is InChI=1S/C21H22FNO3/c1-25-21(24)19-8-6-18(7-9-19)20(22)14-16-2-4-17(5-3-16)15-23-10-12-26-13-11-23/h2-9,14H,10-13,15H2,1H3/b20-14-. The lowest BCUT2D eigenvalue weighted by Crippen LogP contribution is -2.35. The van der Waals surface area contributed by atoms with Gasteiger partial charge < -0.3 is 9.47 Å². The van der Waals surface area contributed by atoms with Crippen LogP contribution in [0.15, 0.2) is 48.5 Å². The number of rotatable bonds is 5. The van der Waals surface area contributed by atoms with Gasteiger partial charge in [0.2, 0.25) is 0 Å². The van der Waals surface area contributed by atoms with Gasteiger partial charge in [0.05, 0.1) is 25.9 Å². The van der Waals surface area contributed by atoms with Gasteiger partial charge in [-0.05, 0) is 29.3 Å². The lowest BCUT2D eigenvalue weighted by Gasteiger charge is -2.26. The lowest BCUT2D eigenvalue weighted by molar-refractivity contribution is 0.0342. The number of benzene rings is 2. The van der Waals surface area contributed by atoms with E-state index in [-0.39, 0.29) is 5.83 Å². The fourth-order valence-corrected chi connectivity index (χ4v) is 2.85. The van der Waals surface area contributed by atoms with Crippen LogP contribution < -0.4 is 0 Å². The molecule has 2 aromatic carbocycles. The molecule has 0 N–H and O–H groups in total. The third kappa shape index (κ3) is 4.77. The Kier molecular flexibility index (Phi) is 6.15. The Morgan fingerprint density at radius 1 is 1.08 bits per heavy atom. The number of methoxy groups -OCH3 is 1. The Labute approximate surface area is 152 Å². The smallest absolute Gasteiger partial charge is 0.337 e. The topological polar surface area (TPSA) is 38.8 Å². The van der Waals surface area contributed by atoms with Crippen molar-refractivity contribution < 1.29 is 18.7 Å². The number of ether oxygens (including phenoxy) is 2. The van der Waals surface area contributed by atoms with Crippen LogP contribution in [0.4, 0.5) is 4.39 Å². The fraction of sp³-hybridized carbons (Fsp3) is 0.286. The summed E-state index contributed by atoms with van der Waals surface area (Å²) in [6, 6.07) is 14.1. The monoisotopic (exact) mass is 355 g/mol. The predicted molar refractivity (Wildman–Crippen MR) is 99.3 cm³/mol. The molecule has 26 heavy (non-hydrogen) atoms. The highest BCUT2D eigenvalue weighted by Gasteiger charge is 2.10. The zero-order valence-corrected chi connectivity index (χ0v) is 14.8. The van der Waals surface area contributed by atoms with Crippen LogP contribution in [-0.2, 0) is 16.0 Å². The summed E-state index contributed by atoms with van der Waals surface area (Å²) in [7, 11) is 1.32. The Morgan fingerprint density at radius 2 is 1.69 bits per heavy atom. The number of carbonyl (C=O) groups is 1. The van der Waals surface area contributed by atoms with E-state index in [1.165, 1.54) is 18.7 Å². The quantitative estimate of drug-likeness (QED) is 0.604. The van der Waals surface area contributed by atoms with Crippen molar-refractivity contribution in [3.05, 3.63) is 70.8 Å². The molecule has 0 atom stereocenters. The number of esters is 1. The Hall–Kier alpha value is -2.50. The number of hydrogen-bond donors (Lipinski definition) is 0. The summed E-state index contributed by atoms with van der Waals surface area (Å²) in [4.78, 5) is 13.8. The summed E-state index contributed by atoms with van der Waals surface area (Å²) < 4.78 is 24.4. The van der Waals surface area contributed by atoms with Crippen molar-refractivity contribution in [1.29, 1.82) is 0 Å². The first-order valence-electron chi connectivity index (χ1n) is 8.61. The van der Waals surface area contributed by atoms with Crippen molar-refractivity contribution in [2.75, 3.05) is 33.4 Å². The van der Waals surface area contributed by atoms with E-state index in [0.717, 1.165) is 38.4 Å². The second kappa shape index (κ2) is 8.74. The molecule has 0 bridgehead atoms. The van der Waals surface area contributed by atoms with Crippen LogP contribution in [0.2, 0.25) is 0 Å². The number of hydrogen-bond acceptors (Lipinski definition) is 4. The van der Waals surface area contributed by atoms with Gasteiger partial charge in [-0.1, -0.05) is 36.4 Å². The summed E-state index contributed by atoms with van der Waals surface area (Å²) in [6.07, 6.45) is 1.49. The van der Waals surface area contributed by atoms with Gasteiger partial charge in [-0.15, -0.1) is 0 Å². The molecule has 0 radical (unpaired) electrons. The molecule has 1 heterocycles. The first-order chi connectivity index (χ1) is 12.7. The average molecular weight is 355 g/mol. The Morgan fingerprint density at radius 3 is 2.31 bits per heavy atom. The van der Waals surface area contributed by atoms with Crippen molar-refractivity contribution in [2.45, 2.75) is 6.54 Å². The molecule has 136 valence electrons. The molecule has 0 aliphatic carbocycles. The van der Waals surface area contributed by atoms with E-state index < -0.39 is 5.97 Å². The zero-order valence-electron chi connectivity index (χ0n) is 14.8. The molecule has 0 aromatic heterocycles. The third-order valence-corrected chi connectivity index (χ3v) is 4.36. The lowest BCUT2D eigenvalue weighted by atomic mass is 10.1. The van der Waals surface area contributed by atoms with Crippen LogP contribution >= 0.6 is 0 Å². The SMILES string of the molecule is COC(=O)c1ccc(/C(F)=C/c2ccc(CN3CCOCC3)cc2)cc1. The predicted octanol–water partition coefficient (Wildman–Crippen LogP) is 3.77. The van der Waals surface area contributed by atoms with Gasteiger partial charge in [0.25, 0.3) is 0 Å². The van der Waals surface area contributed by atoms with Gasteiger partial charge in [-0.25, -0.2) is 9.18 Å². The maximum atomic E-state index is 14.4. The minimum Gasteiger partial charge on any atom is -0.465 e. The maximum Gasteiger partial charge on any atom is 0.337 e. The molecule has 0 spiro atoms. The van der Waals surface area contributed by atoms with Crippen LogP contribution in [-0.4, -0.2) is 44.3 Å². The van der Waals surface area contributed by atoms with E-state index in [4.69, 9.17) is 4.74 Å². The molecule has 1 aliphatic rings. The minimum atomic E-state index is -0.434. The summed E-state index contributed by atoms with van der Waals surface area (Å²) in [6.45, 7) is 4.32. The fourth-order valence-electron chi connectivity index (χ4n) is 2.85. The molecule has 1 fully saturated rings. The molecule has 3 rings (SSSR count). The van der Waals surface area contributed by atoms with E-state index in [2.05, 4.69) is 9.64 Å². The zero-order chi connectivity index (χ0) is 18.4. The minimum absolute atomic E-state index is 0.345. The maximum absolute atomic E-state index is 14.4. The largest absolute Gasteiger partial charge is 0.465 e.